The zero-order chi connectivity index (χ0) is 10.2. The molecule has 1 aliphatic heterocycles. The minimum absolute atomic E-state index is 0.104. The van der Waals surface area contributed by atoms with E-state index in [1.807, 2.05) is 0 Å². The average molecular weight is 204 g/mol. The highest BCUT2D eigenvalue weighted by molar-refractivity contribution is 4.97. The maximum absolute atomic E-state index is 13.3. The van der Waals surface area contributed by atoms with Gasteiger partial charge in [-0.25, -0.2) is 8.78 Å². The molecule has 2 N–H and O–H groups in total. The maximum atomic E-state index is 13.3. The Morgan fingerprint density at radius 3 is 2.79 bits per heavy atom. The first-order chi connectivity index (χ1) is 6.63. The zero-order valence-electron chi connectivity index (χ0n) is 8.38. The third kappa shape index (κ3) is 1.77. The summed E-state index contributed by atoms with van der Waals surface area (Å²) in [6, 6.07) is 0. The molecule has 14 heavy (non-hydrogen) atoms. The summed E-state index contributed by atoms with van der Waals surface area (Å²) in [7, 11) is 0. The van der Waals surface area contributed by atoms with Gasteiger partial charge in [-0.3, -0.25) is 0 Å². The maximum Gasteiger partial charge on any atom is 0.252 e. The van der Waals surface area contributed by atoms with Gasteiger partial charge in [-0.2, -0.15) is 0 Å². The van der Waals surface area contributed by atoms with E-state index < -0.39 is 5.92 Å². The summed E-state index contributed by atoms with van der Waals surface area (Å²) in [4.78, 5) is 2.15. The number of halogens is 2. The first-order valence-corrected chi connectivity index (χ1v) is 5.44. The smallest absolute Gasteiger partial charge is 0.252 e. The van der Waals surface area contributed by atoms with Crippen LogP contribution in [0.2, 0.25) is 0 Å². The normalized spacial score (nSPS) is 36.2. The van der Waals surface area contributed by atoms with Crippen LogP contribution in [-0.2, 0) is 0 Å². The lowest BCUT2D eigenvalue weighted by molar-refractivity contribution is -0.0398. The monoisotopic (exact) mass is 204 g/mol. The number of hydrogen-bond acceptors (Lipinski definition) is 2. The summed E-state index contributed by atoms with van der Waals surface area (Å²) in [6.45, 7) is 2.99. The van der Waals surface area contributed by atoms with Crippen molar-refractivity contribution in [1.82, 2.24) is 4.90 Å². The Kier molecular flexibility index (Phi) is 2.75. The second kappa shape index (κ2) is 3.74. The number of rotatable bonds is 3. The molecule has 0 aromatic carbocycles. The largest absolute Gasteiger partial charge is 0.330 e. The third-order valence-corrected chi connectivity index (χ3v) is 3.59. The molecule has 0 aromatic rings. The van der Waals surface area contributed by atoms with Crippen LogP contribution >= 0.6 is 0 Å². The molecule has 2 atom stereocenters. The first kappa shape index (κ1) is 10.3. The van der Waals surface area contributed by atoms with Gasteiger partial charge < -0.3 is 10.6 Å². The number of hydrogen-bond donors (Lipinski definition) is 1. The lowest BCUT2D eigenvalue weighted by atomic mass is 9.99. The van der Waals surface area contributed by atoms with Crippen LogP contribution in [0.25, 0.3) is 0 Å². The van der Waals surface area contributed by atoms with Crippen LogP contribution in [0, 0.1) is 11.8 Å². The van der Waals surface area contributed by atoms with Crippen molar-refractivity contribution < 1.29 is 8.78 Å². The van der Waals surface area contributed by atoms with E-state index in [0.717, 1.165) is 19.5 Å². The quantitative estimate of drug-likeness (QED) is 0.751. The van der Waals surface area contributed by atoms with Crippen LogP contribution in [0.4, 0.5) is 8.78 Å². The number of nitrogens with zero attached hydrogens (tertiary/aromatic N) is 1. The molecule has 1 aliphatic carbocycles. The van der Waals surface area contributed by atoms with Gasteiger partial charge in [-0.05, 0) is 31.8 Å². The van der Waals surface area contributed by atoms with Gasteiger partial charge in [0, 0.05) is 25.4 Å². The Morgan fingerprint density at radius 2 is 2.14 bits per heavy atom. The zero-order valence-corrected chi connectivity index (χ0v) is 8.38. The number of nitrogens with two attached hydrogens (primary N) is 1. The van der Waals surface area contributed by atoms with Crippen molar-refractivity contribution in [1.29, 1.82) is 0 Å². The van der Waals surface area contributed by atoms with Crippen molar-refractivity contribution >= 4 is 0 Å². The average Bonchev–Trinajstić information content (AvgIpc) is 2.65. The second-order valence-electron chi connectivity index (χ2n) is 4.57. The van der Waals surface area contributed by atoms with Gasteiger partial charge in [0.25, 0.3) is 5.92 Å². The van der Waals surface area contributed by atoms with Crippen LogP contribution in [0.15, 0.2) is 0 Å². The van der Waals surface area contributed by atoms with E-state index in [-0.39, 0.29) is 18.3 Å². The summed E-state index contributed by atoms with van der Waals surface area (Å²) in [5.74, 6) is -2.54. The fourth-order valence-corrected chi connectivity index (χ4v) is 2.79. The molecule has 2 aliphatic rings. The van der Waals surface area contributed by atoms with Crippen LogP contribution in [-0.4, -0.2) is 37.0 Å². The third-order valence-electron chi connectivity index (χ3n) is 3.59. The van der Waals surface area contributed by atoms with Crippen molar-refractivity contribution in [2.45, 2.75) is 25.2 Å². The minimum atomic E-state index is -2.40. The highest BCUT2D eigenvalue weighted by atomic mass is 19.3. The molecule has 0 spiro atoms. The van der Waals surface area contributed by atoms with Gasteiger partial charge in [0.1, 0.15) is 0 Å². The molecule has 0 amide bonds. The predicted molar refractivity (Wildman–Crippen MR) is 51.3 cm³/mol. The Bertz CT molecular complexity index is 208. The standard InChI is InChI=1S/C10H18F2N2/c11-10(12)3-2-8-6-14(5-1-4-13)7-9(8)10/h8-9H,1-7,13H2/t8-,9-/m0/s1. The number of likely N-dealkylation sites (tertiary alicyclic amines) is 1. The molecule has 0 bridgehead atoms. The molecule has 2 fully saturated rings. The highest BCUT2D eigenvalue weighted by Crippen LogP contribution is 2.47. The van der Waals surface area contributed by atoms with Crippen LogP contribution in [0.1, 0.15) is 19.3 Å². The van der Waals surface area contributed by atoms with Gasteiger partial charge in [-0.1, -0.05) is 0 Å². The van der Waals surface area contributed by atoms with Crippen LogP contribution in [0.3, 0.4) is 0 Å². The van der Waals surface area contributed by atoms with Crippen molar-refractivity contribution in [2.24, 2.45) is 17.6 Å². The molecule has 0 aromatic heterocycles. The van der Waals surface area contributed by atoms with Gasteiger partial charge >= 0.3 is 0 Å². The molecule has 82 valence electrons. The Balaban J connectivity index is 1.88. The molecule has 2 nitrogen and oxygen atoms in total. The molecule has 1 heterocycles. The van der Waals surface area contributed by atoms with Gasteiger partial charge in [0.05, 0.1) is 0 Å². The Hall–Kier alpha value is -0.220. The Labute approximate surface area is 83.4 Å². The lowest BCUT2D eigenvalue weighted by Crippen LogP contribution is -2.30. The van der Waals surface area contributed by atoms with Gasteiger partial charge in [0.15, 0.2) is 0 Å². The molecule has 1 saturated carbocycles. The number of fused-ring (bicyclic) bond motifs is 1. The first-order valence-electron chi connectivity index (χ1n) is 5.44. The fraction of sp³-hybridized carbons (Fsp3) is 1.00. The molecule has 0 radical (unpaired) electrons. The summed E-state index contributed by atoms with van der Waals surface area (Å²) < 4.78 is 26.7. The van der Waals surface area contributed by atoms with Gasteiger partial charge in [0.2, 0.25) is 0 Å². The van der Waals surface area contributed by atoms with Crippen LogP contribution in [0.5, 0.6) is 0 Å². The molecule has 4 heteroatoms. The highest BCUT2D eigenvalue weighted by Gasteiger charge is 2.53. The van der Waals surface area contributed by atoms with E-state index in [0.29, 0.717) is 19.5 Å². The predicted octanol–water partition coefficient (Wildman–Crippen LogP) is 1.31. The van der Waals surface area contributed by atoms with Crippen molar-refractivity contribution in [3.8, 4) is 0 Å². The molecular weight excluding hydrogens is 186 g/mol. The minimum Gasteiger partial charge on any atom is -0.330 e. The summed E-state index contributed by atoms with van der Waals surface area (Å²) >= 11 is 0. The molecule has 2 rings (SSSR count). The topological polar surface area (TPSA) is 29.3 Å². The SMILES string of the molecule is NCCCN1C[C@@H]2CCC(F)(F)[C@H]2C1. The second-order valence-corrected chi connectivity index (χ2v) is 4.57. The Morgan fingerprint density at radius 1 is 1.36 bits per heavy atom. The van der Waals surface area contributed by atoms with Crippen molar-refractivity contribution in [3.05, 3.63) is 0 Å². The summed E-state index contributed by atoms with van der Waals surface area (Å²) in [5.41, 5.74) is 5.40. The van der Waals surface area contributed by atoms with E-state index in [2.05, 4.69) is 4.90 Å². The van der Waals surface area contributed by atoms with Gasteiger partial charge in [-0.15, -0.1) is 0 Å². The van der Waals surface area contributed by atoms with E-state index in [4.69, 9.17) is 5.73 Å². The van der Waals surface area contributed by atoms with E-state index in [1.165, 1.54) is 0 Å². The molecule has 1 saturated heterocycles. The van der Waals surface area contributed by atoms with Crippen molar-refractivity contribution in [2.75, 3.05) is 26.2 Å². The molecular formula is C10H18F2N2. The van der Waals surface area contributed by atoms with Crippen molar-refractivity contribution in [3.63, 3.8) is 0 Å². The molecule has 0 unspecified atom stereocenters. The summed E-state index contributed by atoms with van der Waals surface area (Å²) in [5, 5.41) is 0. The number of alkyl halides is 2. The van der Waals surface area contributed by atoms with E-state index >= 15 is 0 Å². The van der Waals surface area contributed by atoms with Crippen LogP contribution < -0.4 is 5.73 Å². The van der Waals surface area contributed by atoms with E-state index in [1.54, 1.807) is 0 Å². The summed E-state index contributed by atoms with van der Waals surface area (Å²) in [6.07, 6.45) is 1.73. The fourth-order valence-electron chi connectivity index (χ4n) is 2.79. The van der Waals surface area contributed by atoms with E-state index in [9.17, 15) is 8.78 Å². The lowest BCUT2D eigenvalue weighted by Gasteiger charge is -2.19.